The zero-order valence-electron chi connectivity index (χ0n) is 8.75. The van der Waals surface area contributed by atoms with Crippen LogP contribution in [-0.2, 0) is 9.53 Å². The second kappa shape index (κ2) is 7.80. The molecule has 0 N–H and O–H groups in total. The summed E-state index contributed by atoms with van der Waals surface area (Å²) < 4.78 is 4.54. The summed E-state index contributed by atoms with van der Waals surface area (Å²) in [6.07, 6.45) is 5.49. The van der Waals surface area contributed by atoms with E-state index in [-0.39, 0.29) is 5.97 Å². The van der Waals surface area contributed by atoms with Gasteiger partial charge in [0, 0.05) is 13.0 Å². The third-order valence-corrected chi connectivity index (χ3v) is 1.80. The molecule has 0 fully saturated rings. The quantitative estimate of drug-likeness (QED) is 0.463. The Balaban J connectivity index is 3.36. The van der Waals surface area contributed by atoms with Gasteiger partial charge >= 0.3 is 5.97 Å². The van der Waals surface area contributed by atoms with Crippen LogP contribution in [0, 0.1) is 0 Å². The summed E-state index contributed by atoms with van der Waals surface area (Å²) in [6, 6.07) is 0. The minimum Gasteiger partial charge on any atom is -0.469 e. The molecule has 0 saturated carbocycles. The first-order valence-electron chi connectivity index (χ1n) is 4.57. The molecule has 0 aliphatic heterocycles. The summed E-state index contributed by atoms with van der Waals surface area (Å²) in [6.45, 7) is 3.87. The van der Waals surface area contributed by atoms with Crippen molar-refractivity contribution in [3.63, 3.8) is 0 Å². The molecule has 0 aromatic carbocycles. The molecule has 0 bridgehead atoms. The number of hydrogen-bond donors (Lipinski definition) is 0. The molecule has 0 amide bonds. The number of ether oxygens (including phenoxy) is 1. The molecule has 0 saturated heterocycles. The van der Waals surface area contributed by atoms with Crippen LogP contribution in [-0.4, -0.2) is 38.1 Å². The number of carbonyl (C=O) groups excluding carboxylic acids is 1. The maximum atomic E-state index is 10.8. The van der Waals surface area contributed by atoms with E-state index in [1.807, 2.05) is 20.0 Å². The minimum atomic E-state index is -0.126. The van der Waals surface area contributed by atoms with Crippen molar-refractivity contribution in [2.45, 2.75) is 19.8 Å². The second-order valence-electron chi connectivity index (χ2n) is 3.01. The average Bonchev–Trinajstić information content (AvgIpc) is 2.14. The molecule has 0 aromatic rings. The third kappa shape index (κ3) is 7.53. The average molecular weight is 185 g/mol. The van der Waals surface area contributed by atoms with E-state index in [0.29, 0.717) is 6.42 Å². The van der Waals surface area contributed by atoms with Crippen molar-refractivity contribution in [3.8, 4) is 0 Å². The van der Waals surface area contributed by atoms with Crippen LogP contribution in [0.4, 0.5) is 0 Å². The summed E-state index contributed by atoms with van der Waals surface area (Å²) in [5.41, 5.74) is 0. The van der Waals surface area contributed by atoms with Crippen molar-refractivity contribution in [3.05, 3.63) is 12.2 Å². The predicted molar refractivity (Wildman–Crippen MR) is 53.6 cm³/mol. The van der Waals surface area contributed by atoms with Crippen molar-refractivity contribution in [2.75, 3.05) is 27.2 Å². The van der Waals surface area contributed by atoms with Gasteiger partial charge in [-0.2, -0.15) is 0 Å². The van der Waals surface area contributed by atoms with Gasteiger partial charge < -0.3 is 9.64 Å². The fourth-order valence-electron chi connectivity index (χ4n) is 0.972. The molecule has 0 aromatic heterocycles. The SMILES string of the molecule is CC=CCN(C)CCCC(=O)OC. The van der Waals surface area contributed by atoms with Crippen molar-refractivity contribution in [1.29, 1.82) is 0 Å². The third-order valence-electron chi connectivity index (χ3n) is 1.80. The number of nitrogens with zero attached hydrogens (tertiary/aromatic N) is 1. The Kier molecular flexibility index (Phi) is 7.30. The molecule has 3 heteroatoms. The number of esters is 1. The monoisotopic (exact) mass is 185 g/mol. The number of rotatable bonds is 6. The summed E-state index contributed by atoms with van der Waals surface area (Å²) >= 11 is 0. The lowest BCUT2D eigenvalue weighted by Crippen LogP contribution is -2.20. The number of likely N-dealkylation sites (N-methyl/N-ethyl adjacent to an activating group) is 1. The summed E-state index contributed by atoms with van der Waals surface area (Å²) in [4.78, 5) is 12.9. The lowest BCUT2D eigenvalue weighted by Gasteiger charge is -2.12. The summed E-state index contributed by atoms with van der Waals surface area (Å²) in [5.74, 6) is -0.126. The molecule has 0 atom stereocenters. The first-order valence-corrected chi connectivity index (χ1v) is 4.57. The van der Waals surface area contributed by atoms with E-state index in [9.17, 15) is 4.79 Å². The minimum absolute atomic E-state index is 0.126. The molecule has 0 rings (SSSR count). The molecular formula is C10H19NO2. The second-order valence-corrected chi connectivity index (χ2v) is 3.01. The normalized spacial score (nSPS) is 11.1. The van der Waals surface area contributed by atoms with E-state index >= 15 is 0 Å². The van der Waals surface area contributed by atoms with Crippen molar-refractivity contribution in [2.24, 2.45) is 0 Å². The van der Waals surface area contributed by atoms with Crippen molar-refractivity contribution in [1.82, 2.24) is 4.90 Å². The number of methoxy groups -OCH3 is 1. The van der Waals surface area contributed by atoms with Gasteiger partial charge in [0.2, 0.25) is 0 Å². The Labute approximate surface area is 80.4 Å². The number of hydrogen-bond acceptors (Lipinski definition) is 3. The van der Waals surface area contributed by atoms with Crippen LogP contribution in [0.1, 0.15) is 19.8 Å². The fraction of sp³-hybridized carbons (Fsp3) is 0.700. The zero-order chi connectivity index (χ0) is 10.1. The maximum absolute atomic E-state index is 10.8. The smallest absolute Gasteiger partial charge is 0.305 e. The molecule has 3 nitrogen and oxygen atoms in total. The lowest BCUT2D eigenvalue weighted by molar-refractivity contribution is -0.140. The van der Waals surface area contributed by atoms with E-state index in [1.54, 1.807) is 0 Å². The van der Waals surface area contributed by atoms with Crippen LogP contribution in [0.5, 0.6) is 0 Å². The highest BCUT2D eigenvalue weighted by Crippen LogP contribution is 1.94. The van der Waals surface area contributed by atoms with Gasteiger partial charge in [-0.1, -0.05) is 12.2 Å². The van der Waals surface area contributed by atoms with Crippen LogP contribution >= 0.6 is 0 Å². The maximum Gasteiger partial charge on any atom is 0.305 e. The van der Waals surface area contributed by atoms with E-state index < -0.39 is 0 Å². The Bertz CT molecular complexity index is 166. The topological polar surface area (TPSA) is 29.5 Å². The van der Waals surface area contributed by atoms with Gasteiger partial charge in [-0.25, -0.2) is 0 Å². The van der Waals surface area contributed by atoms with E-state index in [1.165, 1.54) is 7.11 Å². The standard InChI is InChI=1S/C10H19NO2/c1-4-5-8-11(2)9-6-7-10(12)13-3/h4-5H,6-9H2,1-3H3. The van der Waals surface area contributed by atoms with Crippen molar-refractivity contribution >= 4 is 5.97 Å². The highest BCUT2D eigenvalue weighted by Gasteiger charge is 2.00. The van der Waals surface area contributed by atoms with Gasteiger partial charge in [-0.05, 0) is 26.9 Å². The highest BCUT2D eigenvalue weighted by atomic mass is 16.5. The van der Waals surface area contributed by atoms with Gasteiger partial charge in [0.15, 0.2) is 0 Å². The van der Waals surface area contributed by atoms with Crippen molar-refractivity contribution < 1.29 is 9.53 Å². The Morgan fingerprint density at radius 2 is 2.23 bits per heavy atom. The highest BCUT2D eigenvalue weighted by molar-refractivity contribution is 5.69. The van der Waals surface area contributed by atoms with Crippen LogP contribution in [0.25, 0.3) is 0 Å². The van der Waals surface area contributed by atoms with E-state index in [2.05, 4.69) is 15.7 Å². The van der Waals surface area contributed by atoms with E-state index in [0.717, 1.165) is 19.5 Å². The van der Waals surface area contributed by atoms with Crippen LogP contribution in [0.3, 0.4) is 0 Å². The molecule has 13 heavy (non-hydrogen) atoms. The molecule has 0 aliphatic carbocycles. The summed E-state index contributed by atoms with van der Waals surface area (Å²) in [7, 11) is 3.46. The van der Waals surface area contributed by atoms with Gasteiger partial charge in [-0.15, -0.1) is 0 Å². The Hall–Kier alpha value is -0.830. The van der Waals surface area contributed by atoms with E-state index in [4.69, 9.17) is 0 Å². The van der Waals surface area contributed by atoms with Gasteiger partial charge in [0.05, 0.1) is 7.11 Å². The Morgan fingerprint density at radius 3 is 2.77 bits per heavy atom. The predicted octanol–water partition coefficient (Wildman–Crippen LogP) is 1.45. The first-order chi connectivity index (χ1) is 6.20. The largest absolute Gasteiger partial charge is 0.469 e. The van der Waals surface area contributed by atoms with Gasteiger partial charge in [0.1, 0.15) is 0 Å². The van der Waals surface area contributed by atoms with Crippen LogP contribution in [0.2, 0.25) is 0 Å². The van der Waals surface area contributed by atoms with Gasteiger partial charge in [-0.3, -0.25) is 4.79 Å². The van der Waals surface area contributed by atoms with Crippen LogP contribution in [0.15, 0.2) is 12.2 Å². The molecule has 0 heterocycles. The molecule has 0 radical (unpaired) electrons. The fourth-order valence-corrected chi connectivity index (χ4v) is 0.972. The molecule has 0 unspecified atom stereocenters. The Morgan fingerprint density at radius 1 is 1.54 bits per heavy atom. The lowest BCUT2D eigenvalue weighted by atomic mass is 10.3. The molecule has 76 valence electrons. The van der Waals surface area contributed by atoms with Gasteiger partial charge in [0.25, 0.3) is 0 Å². The first kappa shape index (κ1) is 12.2. The number of carbonyl (C=O) groups is 1. The molecule has 0 spiro atoms. The zero-order valence-corrected chi connectivity index (χ0v) is 8.75. The summed E-state index contributed by atoms with van der Waals surface area (Å²) in [5, 5.41) is 0. The van der Waals surface area contributed by atoms with Crippen LogP contribution < -0.4 is 0 Å². The molecular weight excluding hydrogens is 166 g/mol. The molecule has 0 aliphatic rings. The number of allylic oxidation sites excluding steroid dienone is 1.